The van der Waals surface area contributed by atoms with Gasteiger partial charge in [0, 0.05) is 37.8 Å². The molecule has 20 heavy (non-hydrogen) atoms. The van der Waals surface area contributed by atoms with E-state index in [4.69, 9.17) is 5.11 Å². The van der Waals surface area contributed by atoms with Crippen molar-refractivity contribution in [3.8, 4) is 0 Å². The molecule has 0 saturated heterocycles. The van der Waals surface area contributed by atoms with Gasteiger partial charge in [0.05, 0.1) is 6.42 Å². The molecule has 1 N–H and O–H groups in total. The van der Waals surface area contributed by atoms with Crippen LogP contribution in [0, 0.1) is 0 Å². The molecule has 1 amide bonds. The van der Waals surface area contributed by atoms with E-state index < -0.39 is 5.97 Å². The summed E-state index contributed by atoms with van der Waals surface area (Å²) < 4.78 is 1.49. The zero-order chi connectivity index (χ0) is 14.5. The number of carboxylic acids is 1. The van der Waals surface area contributed by atoms with Gasteiger partial charge in [0.2, 0.25) is 5.91 Å². The predicted octanol–water partition coefficient (Wildman–Crippen LogP) is 0.704. The second kappa shape index (κ2) is 6.36. The van der Waals surface area contributed by atoms with Crippen molar-refractivity contribution in [3.05, 3.63) is 34.7 Å². The summed E-state index contributed by atoms with van der Waals surface area (Å²) in [7, 11) is 0. The van der Waals surface area contributed by atoms with Gasteiger partial charge in [-0.15, -0.1) is 0 Å². The van der Waals surface area contributed by atoms with Crippen LogP contribution in [0.3, 0.4) is 0 Å². The van der Waals surface area contributed by atoms with Crippen molar-refractivity contribution in [2.24, 2.45) is 0 Å². The van der Waals surface area contributed by atoms with Crippen molar-refractivity contribution in [1.82, 2.24) is 9.47 Å². The Morgan fingerprint density at radius 3 is 2.65 bits per heavy atom. The minimum Gasteiger partial charge on any atom is -0.481 e. The quantitative estimate of drug-likeness (QED) is 0.796. The Balaban J connectivity index is 1.90. The van der Waals surface area contributed by atoms with Gasteiger partial charge in [-0.3, -0.25) is 14.4 Å². The summed E-state index contributed by atoms with van der Waals surface area (Å²) in [5.74, 6) is -0.979. The first-order valence-corrected chi connectivity index (χ1v) is 6.74. The number of nitrogens with zero attached hydrogens (tertiary/aromatic N) is 2. The first-order valence-electron chi connectivity index (χ1n) is 6.74. The molecule has 1 fully saturated rings. The Morgan fingerprint density at radius 1 is 1.30 bits per heavy atom. The van der Waals surface area contributed by atoms with E-state index >= 15 is 0 Å². The van der Waals surface area contributed by atoms with E-state index in [1.807, 2.05) is 0 Å². The molecule has 6 nitrogen and oxygen atoms in total. The van der Waals surface area contributed by atoms with Crippen LogP contribution in [0.5, 0.6) is 0 Å². The second-order valence-corrected chi connectivity index (χ2v) is 4.94. The lowest BCUT2D eigenvalue weighted by atomic mass is 10.3. The fourth-order valence-electron chi connectivity index (χ4n) is 2.12. The van der Waals surface area contributed by atoms with Crippen LogP contribution >= 0.6 is 0 Å². The first-order chi connectivity index (χ1) is 9.58. The SMILES string of the molecule is O=C(O)CCN(C(=O)CCn1ccccc1=O)C1CC1. The number of aromatic nitrogens is 1. The van der Waals surface area contributed by atoms with Gasteiger partial charge in [0.15, 0.2) is 0 Å². The monoisotopic (exact) mass is 278 g/mol. The Labute approximate surface area is 116 Å². The van der Waals surface area contributed by atoms with Gasteiger partial charge in [-0.05, 0) is 18.9 Å². The standard InChI is InChI=1S/C14H18N2O4/c17-12-3-1-2-8-15(12)9-6-13(18)16(11-4-5-11)10-7-14(19)20/h1-3,8,11H,4-7,9-10H2,(H,19,20). The van der Waals surface area contributed by atoms with Crippen molar-refractivity contribution < 1.29 is 14.7 Å². The number of carbonyl (C=O) groups excluding carboxylic acids is 1. The number of rotatable bonds is 7. The molecule has 0 aliphatic heterocycles. The number of aliphatic carboxylic acids is 1. The smallest absolute Gasteiger partial charge is 0.305 e. The Hall–Kier alpha value is -2.11. The molecule has 1 aliphatic carbocycles. The summed E-state index contributed by atoms with van der Waals surface area (Å²) in [5.41, 5.74) is -0.135. The Kier molecular flexibility index (Phi) is 4.55. The molecule has 0 spiro atoms. The van der Waals surface area contributed by atoms with Gasteiger partial charge in [-0.25, -0.2) is 0 Å². The summed E-state index contributed by atoms with van der Waals surface area (Å²) in [6.45, 7) is 0.581. The topological polar surface area (TPSA) is 79.6 Å². The van der Waals surface area contributed by atoms with Crippen LogP contribution in [-0.4, -0.2) is 39.0 Å². The fraction of sp³-hybridized carbons (Fsp3) is 0.500. The van der Waals surface area contributed by atoms with Gasteiger partial charge in [-0.2, -0.15) is 0 Å². The van der Waals surface area contributed by atoms with Crippen LogP contribution in [0.15, 0.2) is 29.2 Å². The molecule has 1 aromatic heterocycles. The lowest BCUT2D eigenvalue weighted by molar-refractivity contribution is -0.138. The number of hydrogen-bond donors (Lipinski definition) is 1. The van der Waals surface area contributed by atoms with Crippen LogP contribution in [0.25, 0.3) is 0 Å². The fourth-order valence-corrected chi connectivity index (χ4v) is 2.12. The van der Waals surface area contributed by atoms with Crippen LogP contribution in [0.1, 0.15) is 25.7 Å². The maximum absolute atomic E-state index is 12.1. The summed E-state index contributed by atoms with van der Waals surface area (Å²) in [5, 5.41) is 8.71. The highest BCUT2D eigenvalue weighted by Crippen LogP contribution is 2.27. The third-order valence-corrected chi connectivity index (χ3v) is 3.34. The zero-order valence-electron chi connectivity index (χ0n) is 11.2. The Morgan fingerprint density at radius 2 is 2.05 bits per heavy atom. The van der Waals surface area contributed by atoms with Gasteiger partial charge in [-0.1, -0.05) is 6.07 Å². The molecular weight excluding hydrogens is 260 g/mol. The number of pyridine rings is 1. The molecule has 108 valence electrons. The minimum atomic E-state index is -0.900. The molecule has 1 heterocycles. The predicted molar refractivity (Wildman–Crippen MR) is 72.3 cm³/mol. The maximum Gasteiger partial charge on any atom is 0.305 e. The van der Waals surface area contributed by atoms with Gasteiger partial charge in [0.25, 0.3) is 5.56 Å². The molecule has 2 rings (SSSR count). The maximum atomic E-state index is 12.1. The van der Waals surface area contributed by atoms with Crippen LogP contribution < -0.4 is 5.56 Å². The molecule has 0 atom stereocenters. The third kappa shape index (κ3) is 3.94. The summed E-state index contributed by atoms with van der Waals surface area (Å²) in [6.07, 6.45) is 3.72. The molecule has 0 unspecified atom stereocenters. The summed E-state index contributed by atoms with van der Waals surface area (Å²) >= 11 is 0. The first kappa shape index (κ1) is 14.3. The van der Waals surface area contributed by atoms with Crippen molar-refractivity contribution in [3.63, 3.8) is 0 Å². The van der Waals surface area contributed by atoms with Gasteiger partial charge >= 0.3 is 5.97 Å². The largest absolute Gasteiger partial charge is 0.481 e. The average molecular weight is 278 g/mol. The normalized spacial score (nSPS) is 14.0. The molecule has 0 bridgehead atoms. The highest BCUT2D eigenvalue weighted by atomic mass is 16.4. The van der Waals surface area contributed by atoms with E-state index in [0.29, 0.717) is 6.54 Å². The highest BCUT2D eigenvalue weighted by Gasteiger charge is 2.32. The van der Waals surface area contributed by atoms with E-state index in [1.54, 1.807) is 23.2 Å². The number of amides is 1. The minimum absolute atomic E-state index is 0.0342. The lowest BCUT2D eigenvalue weighted by Crippen LogP contribution is -2.36. The van der Waals surface area contributed by atoms with E-state index in [9.17, 15) is 14.4 Å². The molecule has 1 saturated carbocycles. The van der Waals surface area contributed by atoms with E-state index in [-0.39, 0.29) is 36.9 Å². The lowest BCUT2D eigenvalue weighted by Gasteiger charge is -2.21. The summed E-state index contributed by atoms with van der Waals surface area (Å²) in [6, 6.07) is 5.04. The van der Waals surface area contributed by atoms with E-state index in [0.717, 1.165) is 12.8 Å². The zero-order valence-corrected chi connectivity index (χ0v) is 11.2. The van der Waals surface area contributed by atoms with Crippen molar-refractivity contribution in [2.45, 2.75) is 38.3 Å². The second-order valence-electron chi connectivity index (χ2n) is 4.94. The summed E-state index contributed by atoms with van der Waals surface area (Å²) in [4.78, 5) is 35.9. The molecule has 0 radical (unpaired) electrons. The number of carboxylic acid groups (broad SMARTS) is 1. The number of aryl methyl sites for hydroxylation is 1. The average Bonchev–Trinajstić information content (AvgIpc) is 3.22. The number of hydrogen-bond acceptors (Lipinski definition) is 3. The molecule has 0 aromatic carbocycles. The van der Waals surface area contributed by atoms with Gasteiger partial charge < -0.3 is 14.6 Å². The van der Waals surface area contributed by atoms with Crippen LogP contribution in [0.4, 0.5) is 0 Å². The third-order valence-electron chi connectivity index (χ3n) is 3.34. The molecule has 1 aromatic rings. The van der Waals surface area contributed by atoms with Crippen molar-refractivity contribution in [1.29, 1.82) is 0 Å². The molecule has 1 aliphatic rings. The molecule has 6 heteroatoms. The number of carbonyl (C=O) groups is 2. The highest BCUT2D eigenvalue weighted by molar-refractivity contribution is 5.77. The molecular formula is C14H18N2O4. The van der Waals surface area contributed by atoms with Gasteiger partial charge in [0.1, 0.15) is 0 Å². The van der Waals surface area contributed by atoms with E-state index in [1.165, 1.54) is 10.6 Å². The Bertz CT molecular complexity index is 548. The van der Waals surface area contributed by atoms with Crippen molar-refractivity contribution in [2.75, 3.05) is 6.54 Å². The van der Waals surface area contributed by atoms with E-state index in [2.05, 4.69) is 0 Å². The van der Waals surface area contributed by atoms with Crippen molar-refractivity contribution >= 4 is 11.9 Å². The van der Waals surface area contributed by atoms with Crippen LogP contribution in [-0.2, 0) is 16.1 Å². The van der Waals surface area contributed by atoms with Crippen LogP contribution in [0.2, 0.25) is 0 Å².